The van der Waals surface area contributed by atoms with Gasteiger partial charge in [-0.2, -0.15) is 0 Å². The molecule has 2 unspecified atom stereocenters. The lowest BCUT2D eigenvalue weighted by Crippen LogP contribution is -2.25. The SMILES string of the molecule is C1=CCC(CC2CCCCC2)([SiH2]C2C=CC(Cc3ccccc3)=C2)C=C1. The highest BCUT2D eigenvalue weighted by atomic mass is 28.2. The summed E-state index contributed by atoms with van der Waals surface area (Å²) in [6.45, 7) is 0. The normalized spacial score (nSPS) is 28.9. The predicted octanol–water partition coefficient (Wildman–Crippen LogP) is 6.33. The lowest BCUT2D eigenvalue weighted by Gasteiger charge is -2.37. The number of benzene rings is 1. The van der Waals surface area contributed by atoms with Crippen LogP contribution in [0.2, 0.25) is 10.6 Å². The molecule has 1 heteroatoms. The topological polar surface area (TPSA) is 0 Å². The maximum atomic E-state index is 2.60. The van der Waals surface area contributed by atoms with Crippen molar-refractivity contribution in [3.63, 3.8) is 0 Å². The summed E-state index contributed by atoms with van der Waals surface area (Å²) in [5, 5.41) is 0.518. The standard InChI is InChI=1S/C25H32Si/c1-4-10-21(11-5-1)18-23-14-15-24(19-23)26-25(16-8-3-9-17-25)20-22-12-6-2-7-13-22/h1,3-5,8-11,14-16,19,22,24H,2,6-7,12-13,17-18,20,26H2. The van der Waals surface area contributed by atoms with Crippen LogP contribution in [0.3, 0.4) is 0 Å². The molecule has 26 heavy (non-hydrogen) atoms. The second-order valence-electron chi connectivity index (χ2n) is 8.69. The molecule has 0 saturated heterocycles. The minimum absolute atomic E-state index is 0.232. The Bertz CT molecular complexity index is 703. The van der Waals surface area contributed by atoms with Gasteiger partial charge in [-0.15, -0.1) is 0 Å². The average molecular weight is 361 g/mol. The summed E-state index contributed by atoms with van der Waals surface area (Å²) < 4.78 is 0. The first-order chi connectivity index (χ1) is 12.8. The van der Waals surface area contributed by atoms with Gasteiger partial charge in [0.15, 0.2) is 0 Å². The molecular formula is C25H32Si. The lowest BCUT2D eigenvalue weighted by atomic mass is 9.80. The highest BCUT2D eigenvalue weighted by Crippen LogP contribution is 2.47. The fourth-order valence-electron chi connectivity index (χ4n) is 5.24. The van der Waals surface area contributed by atoms with Crippen LogP contribution in [0.25, 0.3) is 0 Å². The number of hydrogen-bond acceptors (Lipinski definition) is 0. The van der Waals surface area contributed by atoms with E-state index in [4.69, 9.17) is 0 Å². The Morgan fingerprint density at radius 2 is 1.85 bits per heavy atom. The molecule has 1 aromatic rings. The highest BCUT2D eigenvalue weighted by Gasteiger charge is 2.33. The van der Waals surface area contributed by atoms with Crippen LogP contribution in [0.1, 0.15) is 50.5 Å². The molecule has 0 nitrogen and oxygen atoms in total. The molecule has 4 rings (SSSR count). The third kappa shape index (κ3) is 4.56. The van der Waals surface area contributed by atoms with Crippen LogP contribution in [-0.4, -0.2) is 9.52 Å². The lowest BCUT2D eigenvalue weighted by molar-refractivity contribution is 0.313. The Morgan fingerprint density at radius 1 is 1.00 bits per heavy atom. The Hall–Kier alpha value is -1.60. The summed E-state index contributed by atoms with van der Waals surface area (Å²) in [5.74, 6) is 0.977. The van der Waals surface area contributed by atoms with Gasteiger partial charge in [0.05, 0.1) is 0 Å². The van der Waals surface area contributed by atoms with Crippen LogP contribution in [0, 0.1) is 5.92 Å². The minimum atomic E-state index is -0.232. The van der Waals surface area contributed by atoms with Gasteiger partial charge in [-0.05, 0) is 46.9 Å². The molecule has 0 heterocycles. The van der Waals surface area contributed by atoms with Crippen molar-refractivity contribution in [2.45, 2.75) is 61.9 Å². The van der Waals surface area contributed by atoms with Crippen molar-refractivity contribution in [2.24, 2.45) is 5.92 Å². The van der Waals surface area contributed by atoms with Gasteiger partial charge >= 0.3 is 0 Å². The molecule has 2 atom stereocenters. The number of rotatable bonds is 6. The monoisotopic (exact) mass is 360 g/mol. The second-order valence-corrected chi connectivity index (χ2v) is 11.5. The zero-order valence-electron chi connectivity index (χ0n) is 15.9. The smallest absolute Gasteiger partial charge is 0.0447 e. The maximum absolute atomic E-state index is 2.60. The Kier molecular flexibility index (Phi) is 5.74. The van der Waals surface area contributed by atoms with Gasteiger partial charge in [0, 0.05) is 9.52 Å². The van der Waals surface area contributed by atoms with Crippen LogP contribution >= 0.6 is 0 Å². The van der Waals surface area contributed by atoms with Crippen molar-refractivity contribution in [2.75, 3.05) is 0 Å². The van der Waals surface area contributed by atoms with Crippen molar-refractivity contribution in [3.05, 3.63) is 84.0 Å². The molecule has 0 spiro atoms. The Morgan fingerprint density at radius 3 is 2.62 bits per heavy atom. The molecule has 3 aliphatic rings. The molecule has 3 aliphatic carbocycles. The molecule has 1 aromatic carbocycles. The van der Waals surface area contributed by atoms with Crippen molar-refractivity contribution in [3.8, 4) is 0 Å². The van der Waals surface area contributed by atoms with Crippen LogP contribution in [0.5, 0.6) is 0 Å². The fraction of sp³-hybridized carbons (Fsp3) is 0.440. The molecule has 0 aromatic heterocycles. The summed E-state index contributed by atoms with van der Waals surface area (Å²) in [6.07, 6.45) is 28.3. The van der Waals surface area contributed by atoms with E-state index in [1.54, 1.807) is 0 Å². The van der Waals surface area contributed by atoms with Gasteiger partial charge in [-0.25, -0.2) is 0 Å². The van der Waals surface area contributed by atoms with E-state index in [9.17, 15) is 0 Å². The summed E-state index contributed by atoms with van der Waals surface area (Å²) in [5.41, 5.74) is 3.70. The number of allylic oxidation sites excluding steroid dienone is 8. The predicted molar refractivity (Wildman–Crippen MR) is 116 cm³/mol. The van der Waals surface area contributed by atoms with E-state index in [1.807, 2.05) is 0 Å². The minimum Gasteiger partial charge on any atom is -0.0840 e. The maximum Gasteiger partial charge on any atom is 0.0447 e. The largest absolute Gasteiger partial charge is 0.0840 e. The van der Waals surface area contributed by atoms with E-state index in [2.05, 4.69) is 72.9 Å². The molecule has 0 radical (unpaired) electrons. The van der Waals surface area contributed by atoms with Crippen molar-refractivity contribution in [1.29, 1.82) is 0 Å². The molecule has 136 valence electrons. The van der Waals surface area contributed by atoms with Crippen LogP contribution in [0.15, 0.2) is 78.4 Å². The first kappa shape index (κ1) is 17.8. The van der Waals surface area contributed by atoms with Crippen LogP contribution in [0.4, 0.5) is 0 Å². The second kappa shape index (κ2) is 8.39. The van der Waals surface area contributed by atoms with E-state index in [0.717, 1.165) is 17.9 Å². The molecule has 0 bridgehead atoms. The molecular weight excluding hydrogens is 328 g/mol. The summed E-state index contributed by atoms with van der Waals surface area (Å²) >= 11 is 0. The summed E-state index contributed by atoms with van der Waals surface area (Å²) in [4.78, 5) is 0. The van der Waals surface area contributed by atoms with E-state index >= 15 is 0 Å². The van der Waals surface area contributed by atoms with Gasteiger partial charge in [-0.1, -0.05) is 105 Å². The summed E-state index contributed by atoms with van der Waals surface area (Å²) in [7, 11) is -0.232. The van der Waals surface area contributed by atoms with Crippen LogP contribution < -0.4 is 0 Å². The Labute approximate surface area is 161 Å². The van der Waals surface area contributed by atoms with E-state index in [-0.39, 0.29) is 9.52 Å². The highest BCUT2D eigenvalue weighted by molar-refractivity contribution is 6.44. The van der Waals surface area contributed by atoms with E-state index in [1.165, 1.54) is 56.1 Å². The Balaban J connectivity index is 1.42. The molecule has 0 N–H and O–H groups in total. The zero-order chi connectivity index (χ0) is 17.7. The van der Waals surface area contributed by atoms with Crippen molar-refractivity contribution < 1.29 is 0 Å². The van der Waals surface area contributed by atoms with E-state index in [0.29, 0.717) is 5.04 Å². The third-order valence-electron chi connectivity index (χ3n) is 6.52. The van der Waals surface area contributed by atoms with Crippen molar-refractivity contribution >= 4 is 9.52 Å². The molecule has 1 fully saturated rings. The average Bonchev–Trinajstić information content (AvgIpc) is 3.10. The first-order valence-corrected chi connectivity index (χ1v) is 12.1. The van der Waals surface area contributed by atoms with Gasteiger partial charge < -0.3 is 0 Å². The van der Waals surface area contributed by atoms with Gasteiger partial charge in [0.1, 0.15) is 0 Å². The van der Waals surface area contributed by atoms with Crippen molar-refractivity contribution in [1.82, 2.24) is 0 Å². The molecule has 0 amide bonds. The fourth-order valence-corrected chi connectivity index (χ4v) is 8.05. The summed E-state index contributed by atoms with van der Waals surface area (Å²) in [6, 6.07) is 10.9. The third-order valence-corrected chi connectivity index (χ3v) is 9.13. The molecule has 0 aliphatic heterocycles. The quantitative estimate of drug-likeness (QED) is 0.520. The zero-order valence-corrected chi connectivity index (χ0v) is 17.4. The van der Waals surface area contributed by atoms with Gasteiger partial charge in [-0.3, -0.25) is 0 Å². The van der Waals surface area contributed by atoms with E-state index < -0.39 is 0 Å². The van der Waals surface area contributed by atoms with Gasteiger partial charge in [0.25, 0.3) is 0 Å². The number of hydrogen-bond donors (Lipinski definition) is 0. The van der Waals surface area contributed by atoms with Gasteiger partial charge in [0.2, 0.25) is 0 Å². The first-order valence-electron chi connectivity index (χ1n) is 10.6. The molecule has 1 saturated carbocycles. The van der Waals surface area contributed by atoms with Crippen LogP contribution in [-0.2, 0) is 6.42 Å².